The van der Waals surface area contributed by atoms with Crippen molar-refractivity contribution in [3.8, 4) is 0 Å². The molecule has 0 bridgehead atoms. The van der Waals surface area contributed by atoms with Gasteiger partial charge >= 0.3 is 0 Å². The van der Waals surface area contributed by atoms with Crippen LogP contribution >= 0.6 is 0 Å². The zero-order valence-corrected chi connectivity index (χ0v) is 12.7. The highest BCUT2D eigenvalue weighted by atomic mass is 16.5. The molecule has 1 rings (SSSR count). The summed E-state index contributed by atoms with van der Waals surface area (Å²) in [6, 6.07) is 0. The molecule has 4 heteroatoms. The first kappa shape index (κ1) is 16.4. The van der Waals surface area contributed by atoms with Gasteiger partial charge in [0.2, 0.25) is 5.91 Å². The van der Waals surface area contributed by atoms with Gasteiger partial charge < -0.3 is 15.8 Å². The van der Waals surface area contributed by atoms with Crippen molar-refractivity contribution in [1.82, 2.24) is 5.32 Å². The molecule has 19 heavy (non-hydrogen) atoms. The third kappa shape index (κ3) is 5.91. The summed E-state index contributed by atoms with van der Waals surface area (Å²) in [7, 11) is 0. The van der Waals surface area contributed by atoms with Gasteiger partial charge in [0.25, 0.3) is 0 Å². The molecule has 1 fully saturated rings. The minimum absolute atomic E-state index is 0.137. The van der Waals surface area contributed by atoms with Gasteiger partial charge in [-0.1, -0.05) is 20.8 Å². The second kappa shape index (κ2) is 8.54. The van der Waals surface area contributed by atoms with E-state index >= 15 is 0 Å². The number of nitrogens with one attached hydrogen (secondary N) is 1. The van der Waals surface area contributed by atoms with Crippen LogP contribution in [-0.4, -0.2) is 31.7 Å². The average Bonchev–Trinajstić information content (AvgIpc) is 2.82. The molecule has 4 nitrogen and oxygen atoms in total. The highest BCUT2D eigenvalue weighted by Crippen LogP contribution is 2.22. The molecule has 1 saturated heterocycles. The summed E-state index contributed by atoms with van der Waals surface area (Å²) >= 11 is 0. The normalized spacial score (nSPS) is 24.7. The molecule has 0 aliphatic carbocycles. The summed E-state index contributed by atoms with van der Waals surface area (Å²) in [5, 5.41) is 3.05. The highest BCUT2D eigenvalue weighted by molar-refractivity contribution is 5.76. The topological polar surface area (TPSA) is 64.3 Å². The molecule has 1 aliphatic rings. The fraction of sp³-hybridized carbons (Fsp3) is 0.933. The van der Waals surface area contributed by atoms with Crippen molar-refractivity contribution < 1.29 is 9.53 Å². The van der Waals surface area contributed by atoms with Crippen molar-refractivity contribution in [1.29, 1.82) is 0 Å². The van der Waals surface area contributed by atoms with Crippen LogP contribution in [0.15, 0.2) is 0 Å². The van der Waals surface area contributed by atoms with Crippen LogP contribution in [0.2, 0.25) is 0 Å². The molecular formula is C15H30N2O2. The fourth-order valence-corrected chi connectivity index (χ4v) is 2.89. The van der Waals surface area contributed by atoms with Gasteiger partial charge in [-0.05, 0) is 37.6 Å². The number of carbonyl (C=O) groups excluding carboxylic acids is 1. The molecule has 112 valence electrons. The van der Waals surface area contributed by atoms with Crippen molar-refractivity contribution in [3.63, 3.8) is 0 Å². The lowest BCUT2D eigenvalue weighted by atomic mass is 9.93. The SMILES string of the molecule is CCC1OCCC1CNC(=O)C[C@@H](CN)CC(C)C. The first-order valence-corrected chi connectivity index (χ1v) is 7.65. The van der Waals surface area contributed by atoms with E-state index in [9.17, 15) is 4.79 Å². The molecule has 1 amide bonds. The van der Waals surface area contributed by atoms with E-state index in [0.29, 0.717) is 36.8 Å². The van der Waals surface area contributed by atoms with Gasteiger partial charge in [0.1, 0.15) is 0 Å². The number of carbonyl (C=O) groups is 1. The number of amides is 1. The molecule has 0 spiro atoms. The van der Waals surface area contributed by atoms with Gasteiger partial charge in [-0.3, -0.25) is 4.79 Å². The summed E-state index contributed by atoms with van der Waals surface area (Å²) in [4.78, 5) is 11.9. The lowest BCUT2D eigenvalue weighted by Crippen LogP contribution is -2.34. The molecule has 0 saturated carbocycles. The Morgan fingerprint density at radius 1 is 1.47 bits per heavy atom. The number of nitrogens with two attached hydrogens (primary N) is 1. The maximum Gasteiger partial charge on any atom is 0.220 e. The zero-order valence-electron chi connectivity index (χ0n) is 12.7. The summed E-state index contributed by atoms with van der Waals surface area (Å²) < 4.78 is 5.63. The number of rotatable bonds is 8. The average molecular weight is 270 g/mol. The predicted octanol–water partition coefficient (Wildman–Crippen LogP) is 1.93. The van der Waals surface area contributed by atoms with Crippen LogP contribution in [0, 0.1) is 17.8 Å². The summed E-state index contributed by atoms with van der Waals surface area (Å²) in [5.74, 6) is 1.52. The third-order valence-electron chi connectivity index (χ3n) is 3.92. The first-order valence-electron chi connectivity index (χ1n) is 7.65. The Kier molecular flexibility index (Phi) is 7.39. The lowest BCUT2D eigenvalue weighted by molar-refractivity contribution is -0.122. The Morgan fingerprint density at radius 2 is 2.21 bits per heavy atom. The van der Waals surface area contributed by atoms with Gasteiger partial charge in [-0.25, -0.2) is 0 Å². The van der Waals surface area contributed by atoms with Gasteiger partial charge in [0.05, 0.1) is 6.10 Å². The third-order valence-corrected chi connectivity index (χ3v) is 3.92. The lowest BCUT2D eigenvalue weighted by Gasteiger charge is -2.19. The van der Waals surface area contributed by atoms with Gasteiger partial charge in [0.15, 0.2) is 0 Å². The van der Waals surface area contributed by atoms with Crippen LogP contribution < -0.4 is 11.1 Å². The van der Waals surface area contributed by atoms with Crippen LogP contribution in [0.3, 0.4) is 0 Å². The van der Waals surface area contributed by atoms with Crippen molar-refractivity contribution in [3.05, 3.63) is 0 Å². The highest BCUT2D eigenvalue weighted by Gasteiger charge is 2.27. The maximum absolute atomic E-state index is 11.9. The molecule has 0 aromatic rings. The molecule has 0 radical (unpaired) electrons. The van der Waals surface area contributed by atoms with Gasteiger partial charge in [-0.15, -0.1) is 0 Å². The van der Waals surface area contributed by atoms with Crippen LogP contribution in [0.4, 0.5) is 0 Å². The molecule has 2 unspecified atom stereocenters. The maximum atomic E-state index is 11.9. The summed E-state index contributed by atoms with van der Waals surface area (Å²) in [6.07, 6.45) is 3.98. The Labute approximate surface area is 117 Å². The Morgan fingerprint density at radius 3 is 2.79 bits per heavy atom. The van der Waals surface area contributed by atoms with Crippen molar-refractivity contribution in [2.24, 2.45) is 23.5 Å². The first-order chi connectivity index (χ1) is 9.06. The fourth-order valence-electron chi connectivity index (χ4n) is 2.89. The quantitative estimate of drug-likeness (QED) is 0.708. The van der Waals surface area contributed by atoms with E-state index in [4.69, 9.17) is 10.5 Å². The van der Waals surface area contributed by atoms with E-state index in [1.54, 1.807) is 0 Å². The van der Waals surface area contributed by atoms with E-state index in [2.05, 4.69) is 26.1 Å². The second-order valence-electron chi connectivity index (χ2n) is 6.11. The van der Waals surface area contributed by atoms with E-state index in [0.717, 1.165) is 32.4 Å². The molecule has 0 aromatic carbocycles. The second-order valence-corrected chi connectivity index (χ2v) is 6.11. The standard InChI is InChI=1S/C15H30N2O2/c1-4-14-13(5-6-19-14)10-17-15(18)8-12(9-16)7-11(2)3/h11-14H,4-10,16H2,1-3H3,(H,17,18)/t12-,13?,14?/m0/s1. The number of ether oxygens (including phenoxy) is 1. The Bertz CT molecular complexity index is 269. The predicted molar refractivity (Wildman–Crippen MR) is 77.8 cm³/mol. The Balaban J connectivity index is 2.26. The van der Waals surface area contributed by atoms with Crippen LogP contribution in [0.5, 0.6) is 0 Å². The molecule has 1 aliphatic heterocycles. The molecule has 0 aromatic heterocycles. The largest absolute Gasteiger partial charge is 0.378 e. The van der Waals surface area contributed by atoms with Crippen molar-refractivity contribution >= 4 is 5.91 Å². The summed E-state index contributed by atoms with van der Waals surface area (Å²) in [5.41, 5.74) is 5.73. The number of hydrogen-bond acceptors (Lipinski definition) is 3. The summed E-state index contributed by atoms with van der Waals surface area (Å²) in [6.45, 7) is 8.65. The van der Waals surface area contributed by atoms with Gasteiger partial charge in [-0.2, -0.15) is 0 Å². The van der Waals surface area contributed by atoms with E-state index < -0.39 is 0 Å². The van der Waals surface area contributed by atoms with Crippen molar-refractivity contribution in [2.45, 2.75) is 52.6 Å². The molecule has 1 heterocycles. The minimum atomic E-state index is 0.137. The molecular weight excluding hydrogens is 240 g/mol. The molecule has 3 N–H and O–H groups in total. The minimum Gasteiger partial charge on any atom is -0.378 e. The van der Waals surface area contributed by atoms with Crippen molar-refractivity contribution in [2.75, 3.05) is 19.7 Å². The van der Waals surface area contributed by atoms with E-state index in [1.807, 2.05) is 0 Å². The smallest absolute Gasteiger partial charge is 0.220 e. The van der Waals surface area contributed by atoms with E-state index in [1.165, 1.54) is 0 Å². The monoisotopic (exact) mass is 270 g/mol. The number of hydrogen-bond donors (Lipinski definition) is 2. The molecule has 3 atom stereocenters. The van der Waals surface area contributed by atoms with E-state index in [-0.39, 0.29) is 5.91 Å². The zero-order chi connectivity index (χ0) is 14.3. The van der Waals surface area contributed by atoms with Crippen LogP contribution in [-0.2, 0) is 9.53 Å². The Hall–Kier alpha value is -0.610. The van der Waals surface area contributed by atoms with Crippen LogP contribution in [0.25, 0.3) is 0 Å². The van der Waals surface area contributed by atoms with Gasteiger partial charge in [0, 0.05) is 25.5 Å². The van der Waals surface area contributed by atoms with Crippen LogP contribution in [0.1, 0.15) is 46.5 Å².